The highest BCUT2D eigenvalue weighted by Gasteiger charge is 2.09. The van der Waals surface area contributed by atoms with Crippen LogP contribution in [0.2, 0.25) is 0 Å². The molecule has 64 valence electrons. The quantitative estimate of drug-likeness (QED) is 0.396. The first-order valence-corrected chi connectivity index (χ1v) is 3.08. The van der Waals surface area contributed by atoms with E-state index in [0.29, 0.717) is 13.2 Å². The minimum absolute atomic E-state index is 0.416. The van der Waals surface area contributed by atoms with Crippen molar-refractivity contribution < 1.29 is 19.1 Å². The fourth-order valence-electron chi connectivity index (χ4n) is 0.292. The predicted molar refractivity (Wildman–Crippen MR) is 37.1 cm³/mol. The van der Waals surface area contributed by atoms with Gasteiger partial charge >= 0.3 is 6.16 Å². The van der Waals surface area contributed by atoms with Crippen LogP contribution in [-0.4, -0.2) is 44.8 Å². The molecule has 1 amide bonds. The van der Waals surface area contributed by atoms with Crippen LogP contribution >= 0.6 is 0 Å². The van der Waals surface area contributed by atoms with E-state index in [4.69, 9.17) is 0 Å². The second kappa shape index (κ2) is 5.52. The summed E-state index contributed by atoms with van der Waals surface area (Å²) in [7, 11) is 3.38. The van der Waals surface area contributed by atoms with Crippen molar-refractivity contribution >= 4 is 12.6 Å². The summed E-state index contributed by atoms with van der Waals surface area (Å²) in [6.45, 7) is 0.831. The largest absolute Gasteiger partial charge is 0.508 e. The molecule has 0 unspecified atom stereocenters. The van der Waals surface area contributed by atoms with Gasteiger partial charge < -0.3 is 14.4 Å². The van der Waals surface area contributed by atoms with Crippen molar-refractivity contribution in [2.75, 3.05) is 27.3 Å². The highest BCUT2D eigenvalue weighted by atomic mass is 16.8. The molecule has 5 heteroatoms. The second-order valence-corrected chi connectivity index (χ2v) is 2.02. The SMILES string of the molecule is CN(C)C=O.O=C1OCCO1. The zero-order valence-corrected chi connectivity index (χ0v) is 6.57. The summed E-state index contributed by atoms with van der Waals surface area (Å²) < 4.78 is 8.58. The van der Waals surface area contributed by atoms with Gasteiger partial charge in [0.2, 0.25) is 6.41 Å². The number of hydrogen-bond donors (Lipinski definition) is 0. The molecule has 0 aromatic rings. The molecule has 1 heterocycles. The molecule has 1 aliphatic heterocycles. The topological polar surface area (TPSA) is 55.8 Å². The van der Waals surface area contributed by atoms with Crippen LogP contribution in [0.5, 0.6) is 0 Å². The highest BCUT2D eigenvalue weighted by molar-refractivity contribution is 5.61. The van der Waals surface area contributed by atoms with Gasteiger partial charge in [0.05, 0.1) is 0 Å². The van der Waals surface area contributed by atoms with Crippen LogP contribution in [0.25, 0.3) is 0 Å². The Hall–Kier alpha value is -1.26. The third kappa shape index (κ3) is 6.63. The number of hydrogen-bond acceptors (Lipinski definition) is 4. The molecular formula is C6H11NO4. The summed E-state index contributed by atoms with van der Waals surface area (Å²) >= 11 is 0. The number of nitrogens with zero attached hydrogens (tertiary/aromatic N) is 1. The number of carbonyl (C=O) groups excluding carboxylic acids is 2. The molecule has 0 spiro atoms. The summed E-state index contributed by atoms with van der Waals surface area (Å²) in [5, 5.41) is 0. The molecule has 0 saturated carbocycles. The monoisotopic (exact) mass is 161 g/mol. The predicted octanol–water partition coefficient (Wildman–Crippen LogP) is -0.142. The van der Waals surface area contributed by atoms with Crippen molar-refractivity contribution in [3.05, 3.63) is 0 Å². The molecule has 0 aromatic heterocycles. The molecule has 0 aliphatic carbocycles. The van der Waals surface area contributed by atoms with Crippen LogP contribution in [-0.2, 0) is 14.3 Å². The zero-order valence-electron chi connectivity index (χ0n) is 6.57. The maximum atomic E-state index is 9.80. The van der Waals surface area contributed by atoms with E-state index >= 15 is 0 Å². The fraction of sp³-hybridized carbons (Fsp3) is 0.667. The van der Waals surface area contributed by atoms with E-state index in [9.17, 15) is 9.59 Å². The van der Waals surface area contributed by atoms with Crippen LogP contribution in [0, 0.1) is 0 Å². The first kappa shape index (κ1) is 9.74. The van der Waals surface area contributed by atoms with E-state index in [1.165, 1.54) is 4.90 Å². The third-order valence-electron chi connectivity index (χ3n) is 0.734. The molecule has 1 saturated heterocycles. The van der Waals surface area contributed by atoms with Crippen LogP contribution < -0.4 is 0 Å². The Bertz CT molecular complexity index is 127. The van der Waals surface area contributed by atoms with Gasteiger partial charge in [-0.1, -0.05) is 0 Å². The van der Waals surface area contributed by atoms with Gasteiger partial charge in [-0.05, 0) is 0 Å². The number of rotatable bonds is 1. The lowest BCUT2D eigenvalue weighted by atomic mass is 10.8. The smallest absolute Gasteiger partial charge is 0.431 e. The Balaban J connectivity index is 0.000000187. The Kier molecular flexibility index (Phi) is 4.89. The molecule has 11 heavy (non-hydrogen) atoms. The molecule has 5 nitrogen and oxygen atoms in total. The van der Waals surface area contributed by atoms with Gasteiger partial charge in [0.15, 0.2) is 0 Å². The van der Waals surface area contributed by atoms with Crippen molar-refractivity contribution in [1.29, 1.82) is 0 Å². The zero-order chi connectivity index (χ0) is 8.69. The Labute approximate surface area is 64.9 Å². The van der Waals surface area contributed by atoms with Crippen molar-refractivity contribution in [1.82, 2.24) is 4.90 Å². The Morgan fingerprint density at radius 3 is 1.82 bits per heavy atom. The molecule has 0 bridgehead atoms. The molecule has 1 fully saturated rings. The average Bonchev–Trinajstić information content (AvgIpc) is 2.41. The number of ether oxygens (including phenoxy) is 2. The van der Waals surface area contributed by atoms with Crippen molar-refractivity contribution in [3.63, 3.8) is 0 Å². The lowest BCUT2D eigenvalue weighted by Gasteiger charge is -1.93. The lowest BCUT2D eigenvalue weighted by molar-refractivity contribution is -0.115. The van der Waals surface area contributed by atoms with Crippen LogP contribution in [0.4, 0.5) is 4.79 Å². The summed E-state index contributed by atoms with van der Waals surface area (Å²) in [5.41, 5.74) is 0. The van der Waals surface area contributed by atoms with Crippen LogP contribution in [0.15, 0.2) is 0 Å². The molecule has 1 rings (SSSR count). The fourth-order valence-corrected chi connectivity index (χ4v) is 0.292. The minimum atomic E-state index is -0.546. The molecular weight excluding hydrogens is 150 g/mol. The standard InChI is InChI=1S/C3H7NO.C3H4O3/c1-4(2)3-5;4-3-5-1-2-6-3/h3H,1-2H3;1-2H2. The summed E-state index contributed by atoms with van der Waals surface area (Å²) in [4.78, 5) is 20.7. The van der Waals surface area contributed by atoms with E-state index in [1.54, 1.807) is 14.1 Å². The van der Waals surface area contributed by atoms with Gasteiger partial charge in [-0.3, -0.25) is 4.79 Å². The van der Waals surface area contributed by atoms with E-state index in [0.717, 1.165) is 6.41 Å². The average molecular weight is 161 g/mol. The molecule has 1 aliphatic rings. The Morgan fingerprint density at radius 2 is 1.73 bits per heavy atom. The number of carbonyl (C=O) groups is 2. The Morgan fingerprint density at radius 1 is 1.36 bits per heavy atom. The van der Waals surface area contributed by atoms with Gasteiger partial charge in [0.1, 0.15) is 13.2 Å². The van der Waals surface area contributed by atoms with E-state index in [2.05, 4.69) is 9.47 Å². The van der Waals surface area contributed by atoms with Crippen molar-refractivity contribution in [3.8, 4) is 0 Å². The first-order chi connectivity index (χ1) is 5.16. The summed E-state index contributed by atoms with van der Waals surface area (Å²) in [5.74, 6) is 0. The van der Waals surface area contributed by atoms with E-state index in [-0.39, 0.29) is 0 Å². The maximum Gasteiger partial charge on any atom is 0.508 e. The number of cyclic esters (lactones) is 2. The normalized spacial score (nSPS) is 13.8. The van der Waals surface area contributed by atoms with Gasteiger partial charge in [0.25, 0.3) is 0 Å². The maximum absolute atomic E-state index is 9.80. The second-order valence-electron chi connectivity index (χ2n) is 2.02. The minimum Gasteiger partial charge on any atom is -0.431 e. The highest BCUT2D eigenvalue weighted by Crippen LogP contribution is 1.92. The van der Waals surface area contributed by atoms with Gasteiger partial charge in [-0.25, -0.2) is 4.79 Å². The number of amides is 1. The molecule has 0 aromatic carbocycles. The van der Waals surface area contributed by atoms with Gasteiger partial charge in [0, 0.05) is 14.1 Å². The first-order valence-electron chi connectivity index (χ1n) is 3.08. The van der Waals surface area contributed by atoms with Crippen molar-refractivity contribution in [2.45, 2.75) is 0 Å². The van der Waals surface area contributed by atoms with Crippen molar-refractivity contribution in [2.24, 2.45) is 0 Å². The summed E-state index contributed by atoms with van der Waals surface area (Å²) in [6.07, 6.45) is 0.204. The van der Waals surface area contributed by atoms with Crippen LogP contribution in [0.1, 0.15) is 0 Å². The molecule has 0 N–H and O–H groups in total. The van der Waals surface area contributed by atoms with Gasteiger partial charge in [-0.2, -0.15) is 0 Å². The summed E-state index contributed by atoms with van der Waals surface area (Å²) in [6, 6.07) is 0. The van der Waals surface area contributed by atoms with Crippen LogP contribution in [0.3, 0.4) is 0 Å². The molecule has 0 radical (unpaired) electrons. The van der Waals surface area contributed by atoms with E-state index in [1.807, 2.05) is 0 Å². The molecule has 0 atom stereocenters. The lowest BCUT2D eigenvalue weighted by Crippen LogP contribution is -2.06. The van der Waals surface area contributed by atoms with Gasteiger partial charge in [-0.15, -0.1) is 0 Å². The third-order valence-corrected chi connectivity index (χ3v) is 0.734. The van der Waals surface area contributed by atoms with E-state index < -0.39 is 6.16 Å².